The lowest BCUT2D eigenvalue weighted by atomic mass is 10.1. The quantitative estimate of drug-likeness (QED) is 0.169. The fourth-order valence-corrected chi connectivity index (χ4v) is 6.84. The Balaban J connectivity index is 1.93. The van der Waals surface area contributed by atoms with Gasteiger partial charge in [-0.15, -0.1) is 0 Å². The van der Waals surface area contributed by atoms with Crippen LogP contribution < -0.4 is 10.6 Å². The molecule has 2 N–H and O–H groups in total. The lowest BCUT2D eigenvalue weighted by Crippen LogP contribution is -2.35. The summed E-state index contributed by atoms with van der Waals surface area (Å²) in [5, 5.41) is 5.71. The fraction of sp³-hybridized carbons (Fsp3) is 0.391. The Morgan fingerprint density at radius 3 is 2.06 bits per heavy atom. The van der Waals surface area contributed by atoms with Gasteiger partial charge in [-0.2, -0.15) is 0 Å². The molecule has 0 spiro atoms. The molecule has 2 amide bonds. The first-order valence-electron chi connectivity index (χ1n) is 10.5. The lowest BCUT2D eigenvalue weighted by Gasteiger charge is -2.19. The number of hydrogen-bond donors (Lipinski definition) is 2. The maximum absolute atomic E-state index is 12.6. The van der Waals surface area contributed by atoms with Crippen molar-refractivity contribution in [2.45, 2.75) is 25.6 Å². The predicted octanol–water partition coefficient (Wildman–Crippen LogP) is 4.91. The topological polar surface area (TPSA) is 95.1 Å². The molecule has 1 atom stereocenters. The highest BCUT2D eigenvalue weighted by molar-refractivity contribution is 14.1. The average molecular weight is 1060 g/mol. The van der Waals surface area contributed by atoms with Gasteiger partial charge in [0.05, 0.1) is 31.7 Å². The number of carbonyl (C=O) groups is 2. The van der Waals surface area contributed by atoms with Crippen LogP contribution in [0.5, 0.6) is 0 Å². The van der Waals surface area contributed by atoms with Gasteiger partial charge < -0.3 is 29.6 Å². The monoisotopic (exact) mass is 1060 g/mol. The van der Waals surface area contributed by atoms with Crippen molar-refractivity contribution < 1.29 is 28.5 Å². The van der Waals surface area contributed by atoms with Crippen LogP contribution in [0.25, 0.3) is 0 Å². The van der Waals surface area contributed by atoms with Crippen LogP contribution in [0.1, 0.15) is 21.5 Å². The molecule has 1 unspecified atom stereocenters. The van der Waals surface area contributed by atoms with Crippen molar-refractivity contribution in [3.63, 3.8) is 0 Å². The molecule has 0 aliphatic rings. The van der Waals surface area contributed by atoms with Crippen molar-refractivity contribution in [2.75, 3.05) is 34.4 Å². The van der Waals surface area contributed by atoms with Crippen molar-refractivity contribution in [3.05, 3.63) is 58.8 Å². The van der Waals surface area contributed by atoms with Crippen LogP contribution in [-0.2, 0) is 36.8 Å². The van der Waals surface area contributed by atoms with E-state index in [0.29, 0.717) is 5.56 Å². The fourth-order valence-electron chi connectivity index (χ4n) is 2.97. The molecule has 0 radical (unpaired) electrons. The maximum Gasteiger partial charge on any atom is 0.252 e. The molecule has 2 aromatic carbocycles. The number of rotatable bonds is 13. The Hall–Kier alpha value is 0.870. The number of methoxy groups -OCH3 is 3. The molecule has 8 nitrogen and oxygen atoms in total. The molecule has 0 fully saturated rings. The molecule has 198 valence electrons. The first kappa shape index (κ1) is 33.1. The van der Waals surface area contributed by atoms with Gasteiger partial charge in [0.2, 0.25) is 5.91 Å². The largest absolute Gasteiger partial charge is 0.354 e. The van der Waals surface area contributed by atoms with E-state index in [4.69, 9.17) is 18.9 Å². The summed E-state index contributed by atoms with van der Waals surface area (Å²) >= 11 is 11.1. The van der Waals surface area contributed by atoms with Gasteiger partial charge in [-0.3, -0.25) is 9.59 Å². The minimum atomic E-state index is -0.611. The van der Waals surface area contributed by atoms with E-state index < -0.39 is 12.6 Å². The van der Waals surface area contributed by atoms with Crippen LogP contribution in [-0.4, -0.2) is 58.8 Å². The van der Waals surface area contributed by atoms with E-state index in [9.17, 15) is 9.59 Å². The van der Waals surface area contributed by atoms with Crippen LogP contribution in [0, 0.1) is 17.9 Å². The van der Waals surface area contributed by atoms with Gasteiger partial charge in [0, 0.05) is 39.2 Å². The molecule has 36 heavy (non-hydrogen) atoms. The third-order valence-corrected chi connectivity index (χ3v) is 10.6. The van der Waals surface area contributed by atoms with Crippen LogP contribution in [0.3, 0.4) is 0 Å². The van der Waals surface area contributed by atoms with Crippen molar-refractivity contribution >= 4 is 125 Å². The number of hydrogen-bond acceptors (Lipinski definition) is 6. The number of benzene rings is 2. The van der Waals surface area contributed by atoms with Crippen LogP contribution in [0.4, 0.5) is 0 Å². The minimum Gasteiger partial charge on any atom is -0.354 e. The van der Waals surface area contributed by atoms with Crippen molar-refractivity contribution in [2.24, 2.45) is 0 Å². The van der Waals surface area contributed by atoms with Crippen molar-refractivity contribution in [1.82, 2.24) is 10.6 Å². The van der Waals surface area contributed by atoms with Crippen LogP contribution in [0.2, 0.25) is 0 Å². The first-order chi connectivity index (χ1) is 17.1. The Morgan fingerprint density at radius 2 is 1.42 bits per heavy atom. The second-order valence-corrected chi connectivity index (χ2v) is 13.2. The normalized spacial score (nSPS) is 12.0. The molecule has 0 saturated heterocycles. The summed E-state index contributed by atoms with van der Waals surface area (Å²) in [5.74, 6) is -0.307. The molecule has 2 aromatic rings. The molecule has 0 aliphatic carbocycles. The van der Waals surface area contributed by atoms with Crippen LogP contribution >= 0.6 is 113 Å². The number of carbonyl (C=O) groups excluding carboxylic acids is 2. The Kier molecular flexibility index (Phi) is 15.5. The predicted molar refractivity (Wildman–Crippen MR) is 179 cm³/mol. The van der Waals surface area contributed by atoms with E-state index in [0.717, 1.165) is 29.0 Å². The zero-order valence-corrected chi connectivity index (χ0v) is 30.4. The smallest absolute Gasteiger partial charge is 0.252 e. The lowest BCUT2D eigenvalue weighted by molar-refractivity contribution is -0.137. The summed E-state index contributed by atoms with van der Waals surface area (Å²) < 4.78 is 26.5. The third-order valence-electron chi connectivity index (χ3n) is 4.91. The summed E-state index contributed by atoms with van der Waals surface area (Å²) in [7, 11) is 4.58. The second-order valence-electron chi connectivity index (χ2n) is 7.35. The highest BCUT2D eigenvalue weighted by Gasteiger charge is 2.17. The number of nitrogens with one attached hydrogen (secondary N) is 2. The zero-order chi connectivity index (χ0) is 26.8. The molecule has 13 heteroatoms. The first-order valence-corrected chi connectivity index (χ1v) is 15.8. The van der Waals surface area contributed by atoms with E-state index in [1.54, 1.807) is 0 Å². The highest BCUT2D eigenvalue weighted by Crippen LogP contribution is 2.24. The maximum atomic E-state index is 12.6. The molecular formula is C23H25I5N2O6. The summed E-state index contributed by atoms with van der Waals surface area (Å²) in [4.78, 5) is 25.1. The van der Waals surface area contributed by atoms with E-state index in [1.807, 2.05) is 18.2 Å². The van der Waals surface area contributed by atoms with E-state index in [1.165, 1.54) is 21.3 Å². The van der Waals surface area contributed by atoms with Crippen molar-refractivity contribution in [3.8, 4) is 0 Å². The van der Waals surface area contributed by atoms with Gasteiger partial charge >= 0.3 is 0 Å². The Morgan fingerprint density at radius 1 is 0.778 bits per heavy atom. The summed E-state index contributed by atoms with van der Waals surface area (Å²) in [6.07, 6.45) is -0.828. The van der Waals surface area contributed by atoms with Crippen LogP contribution in [0.15, 0.2) is 24.3 Å². The number of amides is 2. The van der Waals surface area contributed by atoms with E-state index in [2.05, 4.69) is 130 Å². The van der Waals surface area contributed by atoms with E-state index >= 15 is 0 Å². The minimum absolute atomic E-state index is 0.0972. The van der Waals surface area contributed by atoms with E-state index in [-0.39, 0.29) is 37.9 Å². The summed E-state index contributed by atoms with van der Waals surface area (Å²) in [5.41, 5.74) is 2.47. The zero-order valence-electron chi connectivity index (χ0n) is 19.6. The second kappa shape index (κ2) is 16.9. The number of halogens is 5. The summed E-state index contributed by atoms with van der Waals surface area (Å²) in [6, 6.07) is 7.83. The molecule has 0 aliphatic heterocycles. The Bertz CT molecular complexity index is 1070. The standard InChI is InChI=1S/C23H25I5N2O6/c1-33-20(34-2)9-30-23(32)15-8-16(25)13(5-17(15)26)11-36-21(35-3)10-29-19(31)6-12-4-14(24)7-18(27)22(12)28/h4-5,7-8,20-21H,6,9-11H2,1-3H3,(H,29,31)(H,30,32). The molecule has 0 bridgehead atoms. The number of ether oxygens (including phenoxy) is 4. The molecule has 0 saturated carbocycles. The Labute approximate surface area is 279 Å². The third kappa shape index (κ3) is 10.5. The van der Waals surface area contributed by atoms with Gasteiger partial charge in [-0.1, -0.05) is 0 Å². The highest BCUT2D eigenvalue weighted by atomic mass is 127. The van der Waals surface area contributed by atoms with Gasteiger partial charge in [0.1, 0.15) is 0 Å². The van der Waals surface area contributed by atoms with Gasteiger partial charge in [0.15, 0.2) is 12.6 Å². The SMILES string of the molecule is COC(CNC(=O)c1cc(I)c(COC(CNC(=O)Cc2cc(I)cc(I)c2I)OC)cc1I)OC. The average Bonchev–Trinajstić information content (AvgIpc) is 2.84. The molecule has 0 aromatic heterocycles. The van der Waals surface area contributed by atoms with Gasteiger partial charge in [-0.05, 0) is 148 Å². The molecular weight excluding hydrogens is 1030 g/mol. The van der Waals surface area contributed by atoms with Crippen molar-refractivity contribution in [1.29, 1.82) is 0 Å². The molecule has 2 rings (SSSR count). The molecule has 0 heterocycles. The summed E-state index contributed by atoms with van der Waals surface area (Å²) in [6.45, 7) is 0.737. The van der Waals surface area contributed by atoms with Gasteiger partial charge in [0.25, 0.3) is 5.91 Å². The van der Waals surface area contributed by atoms with Gasteiger partial charge in [-0.25, -0.2) is 0 Å².